The number of nitrogens with zero attached hydrogens (tertiary/aromatic N) is 7. The van der Waals surface area contributed by atoms with Gasteiger partial charge >= 0.3 is 0 Å². The number of fused-ring (bicyclic) bond motifs is 2. The van der Waals surface area contributed by atoms with Crippen molar-refractivity contribution in [2.24, 2.45) is 0 Å². The molecule has 0 atom stereocenters. The zero-order valence-electron chi connectivity index (χ0n) is 24.9. The number of likely N-dealkylation sites (N-methyl/N-ethyl adjacent to an activating group) is 1. The minimum Gasteiger partial charge on any atom is -0.356 e. The Morgan fingerprint density at radius 3 is 2.45 bits per heavy atom. The minimum absolute atomic E-state index is 0.168. The highest BCUT2D eigenvalue weighted by molar-refractivity contribution is 7.92. The summed E-state index contributed by atoms with van der Waals surface area (Å²) in [6.07, 6.45) is 5.67. The second-order valence-electron chi connectivity index (χ2n) is 11.8. The van der Waals surface area contributed by atoms with Crippen LogP contribution >= 0.6 is 0 Å². The quantitative estimate of drug-likeness (QED) is 0.264. The lowest BCUT2D eigenvalue weighted by molar-refractivity contribution is 0.0981. The lowest BCUT2D eigenvalue weighted by atomic mass is 10.0. The number of benzene rings is 1. The van der Waals surface area contributed by atoms with E-state index in [0.717, 1.165) is 57.7 Å². The molecule has 2 fully saturated rings. The molecular weight excluding hydrogens is 583 g/mol. The van der Waals surface area contributed by atoms with Crippen molar-refractivity contribution in [1.82, 2.24) is 29.7 Å². The minimum atomic E-state index is -3.45. The second kappa shape index (κ2) is 11.5. The van der Waals surface area contributed by atoms with Crippen LogP contribution in [0.2, 0.25) is 0 Å². The number of anilines is 6. The summed E-state index contributed by atoms with van der Waals surface area (Å²) < 4.78 is 41.7. The monoisotopic (exact) mass is 620 g/mol. The van der Waals surface area contributed by atoms with Crippen molar-refractivity contribution in [2.45, 2.75) is 25.3 Å². The first-order valence-corrected chi connectivity index (χ1v) is 16.9. The van der Waals surface area contributed by atoms with E-state index in [2.05, 4.69) is 52.3 Å². The molecule has 14 heteroatoms. The molecule has 6 heterocycles. The van der Waals surface area contributed by atoms with Crippen molar-refractivity contribution in [3.63, 3.8) is 0 Å². The van der Waals surface area contributed by atoms with E-state index in [4.69, 9.17) is 0 Å². The predicted molar refractivity (Wildman–Crippen MR) is 171 cm³/mol. The molecule has 7 rings (SSSR count). The van der Waals surface area contributed by atoms with Gasteiger partial charge in [-0.15, -0.1) is 0 Å². The molecule has 232 valence electrons. The van der Waals surface area contributed by atoms with Crippen molar-refractivity contribution < 1.29 is 12.8 Å². The molecule has 0 unspecified atom stereocenters. The van der Waals surface area contributed by atoms with E-state index in [0.29, 0.717) is 53.1 Å². The molecule has 0 saturated carbocycles. The Labute approximate surface area is 256 Å². The SMILES string of the molecule is CN1CCN(C2CCN(c3ccc(Nc4nc(Nc5cccc6c5N(S(C)(=O)=O)CC6)c5cc[nH]c5n4)c(F)n3)CC2)CC1. The number of piperidine rings is 1. The van der Waals surface area contributed by atoms with Gasteiger partial charge in [-0.2, -0.15) is 14.4 Å². The zero-order valence-corrected chi connectivity index (χ0v) is 25.7. The molecule has 4 aromatic rings. The summed E-state index contributed by atoms with van der Waals surface area (Å²) in [4.78, 5) is 23.7. The van der Waals surface area contributed by atoms with Crippen LogP contribution in [-0.2, 0) is 16.4 Å². The number of nitrogens with one attached hydrogen (secondary N) is 3. The van der Waals surface area contributed by atoms with E-state index in [9.17, 15) is 8.42 Å². The van der Waals surface area contributed by atoms with Crippen molar-refractivity contribution in [3.05, 3.63) is 54.1 Å². The molecule has 12 nitrogen and oxygen atoms in total. The Morgan fingerprint density at radius 1 is 0.909 bits per heavy atom. The van der Waals surface area contributed by atoms with Crippen LogP contribution in [0.25, 0.3) is 11.0 Å². The van der Waals surface area contributed by atoms with Gasteiger partial charge in [0.25, 0.3) is 0 Å². The fourth-order valence-corrected chi connectivity index (χ4v) is 7.51. The van der Waals surface area contributed by atoms with Crippen LogP contribution in [-0.4, -0.2) is 103 Å². The third-order valence-electron chi connectivity index (χ3n) is 8.95. The van der Waals surface area contributed by atoms with E-state index in [1.165, 1.54) is 10.6 Å². The standard InChI is InChI=1S/C30H37FN10O2S/c1-38-16-18-39(19-17-38)21-10-13-40(14-11-21)25-7-6-24(27(31)35-25)34-30-36-28-22(8-12-32-28)29(37-30)33-23-5-3-4-20-9-15-41(26(20)23)44(2,42)43/h3-8,12,21H,9-11,13-19H2,1-2H3,(H3,32,33,34,36,37). The van der Waals surface area contributed by atoms with Gasteiger partial charge in [0.05, 0.1) is 28.7 Å². The molecule has 0 radical (unpaired) electrons. The lowest BCUT2D eigenvalue weighted by Gasteiger charge is -2.42. The van der Waals surface area contributed by atoms with Crippen molar-refractivity contribution in [3.8, 4) is 0 Å². The van der Waals surface area contributed by atoms with Crippen molar-refractivity contribution >= 4 is 55.7 Å². The Balaban J connectivity index is 1.08. The fraction of sp³-hybridized carbons (Fsp3) is 0.433. The molecular formula is C30H37FN10O2S. The van der Waals surface area contributed by atoms with E-state index < -0.39 is 16.0 Å². The van der Waals surface area contributed by atoms with Crippen LogP contribution in [0.5, 0.6) is 0 Å². The van der Waals surface area contributed by atoms with Gasteiger partial charge in [-0.1, -0.05) is 12.1 Å². The van der Waals surface area contributed by atoms with Crippen LogP contribution in [0.1, 0.15) is 18.4 Å². The molecule has 3 aliphatic heterocycles. The molecule has 0 bridgehead atoms. The highest BCUT2D eigenvalue weighted by atomic mass is 32.2. The smallest absolute Gasteiger partial charge is 0.238 e. The summed E-state index contributed by atoms with van der Waals surface area (Å²) in [5.74, 6) is 0.636. The maximum absolute atomic E-state index is 15.3. The van der Waals surface area contributed by atoms with Gasteiger partial charge in [-0.05, 0) is 56.1 Å². The van der Waals surface area contributed by atoms with Gasteiger partial charge in [0.15, 0.2) is 0 Å². The van der Waals surface area contributed by atoms with Gasteiger partial charge in [-0.3, -0.25) is 9.21 Å². The van der Waals surface area contributed by atoms with Crippen molar-refractivity contribution in [1.29, 1.82) is 0 Å². The van der Waals surface area contributed by atoms with Crippen LogP contribution in [0.3, 0.4) is 0 Å². The first kappa shape index (κ1) is 28.7. The maximum atomic E-state index is 15.3. The molecule has 3 aromatic heterocycles. The molecule has 0 amide bonds. The van der Waals surface area contributed by atoms with Crippen LogP contribution in [0.15, 0.2) is 42.6 Å². The number of pyridine rings is 1. The van der Waals surface area contributed by atoms with E-state index in [1.807, 2.05) is 30.3 Å². The molecule has 3 N–H and O–H groups in total. The Kier molecular flexibility index (Phi) is 7.50. The Bertz CT molecular complexity index is 1780. The number of aromatic amines is 1. The summed E-state index contributed by atoms with van der Waals surface area (Å²) >= 11 is 0. The topological polar surface area (TPSA) is 126 Å². The summed E-state index contributed by atoms with van der Waals surface area (Å²) in [6.45, 7) is 6.50. The van der Waals surface area contributed by atoms with Crippen molar-refractivity contribution in [2.75, 3.05) is 79.0 Å². The first-order valence-electron chi connectivity index (χ1n) is 15.1. The van der Waals surface area contributed by atoms with E-state index in [1.54, 1.807) is 12.3 Å². The number of hydrogen-bond acceptors (Lipinski definition) is 10. The molecule has 3 aliphatic rings. The fourth-order valence-electron chi connectivity index (χ4n) is 6.54. The summed E-state index contributed by atoms with van der Waals surface area (Å²) in [5.41, 5.74) is 2.89. The van der Waals surface area contributed by atoms with Crippen LogP contribution in [0.4, 0.5) is 39.0 Å². The maximum Gasteiger partial charge on any atom is 0.238 e. The normalized spacial score (nSPS) is 18.6. The Morgan fingerprint density at radius 2 is 1.70 bits per heavy atom. The number of sulfonamides is 1. The number of aromatic nitrogens is 4. The number of H-pyrrole nitrogens is 1. The van der Waals surface area contributed by atoms with Gasteiger partial charge in [-0.25, -0.2) is 13.4 Å². The number of rotatable bonds is 7. The largest absolute Gasteiger partial charge is 0.356 e. The number of piperazine rings is 1. The lowest BCUT2D eigenvalue weighted by Crippen LogP contribution is -2.52. The molecule has 0 spiro atoms. The van der Waals surface area contributed by atoms with Gasteiger partial charge < -0.3 is 25.4 Å². The third-order valence-corrected chi connectivity index (χ3v) is 10.1. The number of hydrogen-bond donors (Lipinski definition) is 3. The molecule has 44 heavy (non-hydrogen) atoms. The summed E-state index contributed by atoms with van der Waals surface area (Å²) in [6, 6.07) is 11.6. The van der Waals surface area contributed by atoms with Gasteiger partial charge in [0.1, 0.15) is 17.3 Å². The molecule has 2 saturated heterocycles. The highest BCUT2D eigenvalue weighted by Gasteiger charge is 2.30. The average molecular weight is 621 g/mol. The Hall–Kier alpha value is -4.01. The van der Waals surface area contributed by atoms with E-state index >= 15 is 4.39 Å². The van der Waals surface area contributed by atoms with Crippen LogP contribution < -0.4 is 19.8 Å². The number of para-hydroxylation sites is 1. The average Bonchev–Trinajstić information content (AvgIpc) is 3.67. The summed E-state index contributed by atoms with van der Waals surface area (Å²) in [5, 5.41) is 7.03. The molecule has 0 aliphatic carbocycles. The van der Waals surface area contributed by atoms with Crippen LogP contribution in [0, 0.1) is 5.95 Å². The van der Waals surface area contributed by atoms with Gasteiger partial charge in [0.2, 0.25) is 21.9 Å². The zero-order chi connectivity index (χ0) is 30.4. The highest BCUT2D eigenvalue weighted by Crippen LogP contribution is 2.39. The predicted octanol–water partition coefficient (Wildman–Crippen LogP) is 3.52. The summed E-state index contributed by atoms with van der Waals surface area (Å²) in [7, 11) is -1.28. The second-order valence-corrected chi connectivity index (χ2v) is 13.8. The third kappa shape index (κ3) is 5.64. The first-order chi connectivity index (χ1) is 21.2. The number of halogens is 1. The van der Waals surface area contributed by atoms with Gasteiger partial charge in [0, 0.05) is 58.1 Å². The van der Waals surface area contributed by atoms with E-state index in [-0.39, 0.29) is 11.6 Å². The molecule has 1 aromatic carbocycles.